The molecule has 0 saturated heterocycles. The fraction of sp³-hybridized carbons (Fsp3) is 0.167. The van der Waals surface area contributed by atoms with E-state index in [0.29, 0.717) is 9.77 Å². The van der Waals surface area contributed by atoms with Crippen molar-refractivity contribution in [2.24, 2.45) is 0 Å². The molecule has 1 rings (SSSR count). The number of thioether (sulfide) groups is 1. The van der Waals surface area contributed by atoms with Gasteiger partial charge in [-0.05, 0) is 12.3 Å². The molecule has 0 bridgehead atoms. The summed E-state index contributed by atoms with van der Waals surface area (Å²) in [4.78, 5) is 0. The Kier molecular flexibility index (Phi) is 3.24. The molecule has 0 saturated carbocycles. The van der Waals surface area contributed by atoms with Gasteiger partial charge < -0.3 is 0 Å². The van der Waals surface area contributed by atoms with Crippen LogP contribution in [0.15, 0.2) is 14.5 Å². The predicted octanol–water partition coefficient (Wildman–Crippen LogP) is 2.27. The number of hydrogen-bond donors (Lipinski definition) is 0. The van der Waals surface area contributed by atoms with Gasteiger partial charge in [0.25, 0.3) is 9.05 Å². The first kappa shape index (κ1) is 10.9. The average molecular weight is 254 g/mol. The molecule has 70 valence electrons. The van der Waals surface area contributed by atoms with Crippen molar-refractivity contribution < 1.29 is 8.42 Å². The minimum absolute atomic E-state index is 0.0232. The zero-order chi connectivity index (χ0) is 10.1. The summed E-state index contributed by atoms with van der Waals surface area (Å²) in [6, 6.07) is 3.20. The number of thiophene rings is 1. The molecular formula is C6H4ClNO2S3. The minimum Gasteiger partial charge on any atom is -0.206 e. The van der Waals surface area contributed by atoms with Gasteiger partial charge in [-0.2, -0.15) is 5.26 Å². The van der Waals surface area contributed by atoms with Crippen LogP contribution >= 0.6 is 33.8 Å². The average Bonchev–Trinajstić information content (AvgIpc) is 2.45. The second-order valence-corrected chi connectivity index (χ2v) is 6.94. The van der Waals surface area contributed by atoms with Gasteiger partial charge in [-0.1, -0.05) is 0 Å². The summed E-state index contributed by atoms with van der Waals surface area (Å²) in [6.45, 7) is 0. The molecule has 0 radical (unpaired) electrons. The number of nitrogens with zero attached hydrogens (tertiary/aromatic N) is 1. The lowest BCUT2D eigenvalue weighted by Crippen LogP contribution is -1.83. The van der Waals surface area contributed by atoms with Gasteiger partial charge in [-0.15, -0.1) is 23.1 Å². The van der Waals surface area contributed by atoms with Crippen LogP contribution in [0.2, 0.25) is 0 Å². The van der Waals surface area contributed by atoms with Gasteiger partial charge in [0.15, 0.2) is 0 Å². The Morgan fingerprint density at radius 1 is 1.69 bits per heavy atom. The van der Waals surface area contributed by atoms with Gasteiger partial charge in [0.2, 0.25) is 0 Å². The first-order valence-corrected chi connectivity index (χ1v) is 7.36. The Bertz CT molecular complexity index is 457. The molecule has 0 unspecified atom stereocenters. The highest BCUT2D eigenvalue weighted by Gasteiger charge is 2.17. The Balaban J connectivity index is 3.33. The van der Waals surface area contributed by atoms with Crippen LogP contribution in [0.5, 0.6) is 0 Å². The summed E-state index contributed by atoms with van der Waals surface area (Å²) in [5.74, 6) is 0. The molecule has 1 aromatic rings. The van der Waals surface area contributed by atoms with E-state index in [-0.39, 0.29) is 4.21 Å². The maximum absolute atomic E-state index is 10.9. The van der Waals surface area contributed by atoms with Crippen molar-refractivity contribution in [3.63, 3.8) is 0 Å². The van der Waals surface area contributed by atoms with Crippen LogP contribution in [0.25, 0.3) is 0 Å². The minimum atomic E-state index is -3.70. The topological polar surface area (TPSA) is 57.9 Å². The van der Waals surface area contributed by atoms with Crippen LogP contribution < -0.4 is 0 Å². The molecule has 0 aliphatic rings. The van der Waals surface area contributed by atoms with Gasteiger partial charge >= 0.3 is 0 Å². The molecule has 13 heavy (non-hydrogen) atoms. The summed E-state index contributed by atoms with van der Waals surface area (Å²) in [7, 11) is 1.42. The lowest BCUT2D eigenvalue weighted by molar-refractivity contribution is 0.611. The number of rotatable bonds is 2. The molecule has 1 heterocycles. The van der Waals surface area contributed by atoms with Crippen molar-refractivity contribution in [2.75, 3.05) is 6.26 Å². The van der Waals surface area contributed by atoms with Gasteiger partial charge in [0.1, 0.15) is 10.3 Å². The van der Waals surface area contributed by atoms with Crippen LogP contribution in [0, 0.1) is 11.3 Å². The molecule has 3 nitrogen and oxygen atoms in total. The molecule has 1 aromatic heterocycles. The molecule has 0 aliphatic heterocycles. The molecule has 0 aliphatic carbocycles. The maximum Gasteiger partial charge on any atom is 0.270 e. The van der Waals surface area contributed by atoms with E-state index in [2.05, 4.69) is 0 Å². The van der Waals surface area contributed by atoms with Crippen molar-refractivity contribution in [3.05, 3.63) is 11.6 Å². The molecule has 0 aromatic carbocycles. The smallest absolute Gasteiger partial charge is 0.206 e. The van der Waals surface area contributed by atoms with Crippen molar-refractivity contribution >= 4 is 42.8 Å². The molecular weight excluding hydrogens is 250 g/mol. The van der Waals surface area contributed by atoms with Crippen LogP contribution in [0.4, 0.5) is 0 Å². The van der Waals surface area contributed by atoms with Crippen LogP contribution in [0.1, 0.15) is 5.56 Å². The van der Waals surface area contributed by atoms with E-state index in [9.17, 15) is 8.42 Å². The molecule has 0 fully saturated rings. The Morgan fingerprint density at radius 3 is 2.62 bits per heavy atom. The highest BCUT2D eigenvalue weighted by molar-refractivity contribution is 8.15. The monoisotopic (exact) mass is 253 g/mol. The molecule has 0 atom stereocenters. The summed E-state index contributed by atoms with van der Waals surface area (Å²) < 4.78 is 22.5. The van der Waals surface area contributed by atoms with Crippen molar-refractivity contribution in [3.8, 4) is 6.07 Å². The van der Waals surface area contributed by atoms with Gasteiger partial charge in [-0.3, -0.25) is 0 Å². The third-order valence-corrected chi connectivity index (χ3v) is 5.57. The first-order chi connectivity index (χ1) is 5.99. The second-order valence-electron chi connectivity index (χ2n) is 2.02. The van der Waals surface area contributed by atoms with Crippen molar-refractivity contribution in [1.82, 2.24) is 0 Å². The van der Waals surface area contributed by atoms with E-state index >= 15 is 0 Å². The molecule has 0 N–H and O–H groups in total. The lowest BCUT2D eigenvalue weighted by atomic mass is 10.4. The van der Waals surface area contributed by atoms with Crippen LogP contribution in [-0.2, 0) is 9.05 Å². The van der Waals surface area contributed by atoms with Gasteiger partial charge in [0.05, 0.1) is 9.77 Å². The quantitative estimate of drug-likeness (QED) is 0.599. The van der Waals surface area contributed by atoms with E-state index in [0.717, 1.165) is 11.3 Å². The van der Waals surface area contributed by atoms with Gasteiger partial charge in [0, 0.05) is 10.7 Å². The standard InChI is InChI=1S/C6H4ClNO2S3/c1-11-6-4(3-8)2-5(12-6)13(7,9)10/h2H,1H3. The third kappa shape index (κ3) is 2.38. The second kappa shape index (κ2) is 3.88. The summed E-state index contributed by atoms with van der Waals surface area (Å²) in [5.41, 5.74) is 0.358. The van der Waals surface area contributed by atoms with E-state index in [4.69, 9.17) is 15.9 Å². The maximum atomic E-state index is 10.9. The van der Waals surface area contributed by atoms with Crippen LogP contribution in [-0.4, -0.2) is 14.7 Å². The van der Waals surface area contributed by atoms with E-state index in [1.807, 2.05) is 6.07 Å². The predicted molar refractivity (Wildman–Crippen MR) is 53.9 cm³/mol. The molecule has 0 amide bonds. The fourth-order valence-electron chi connectivity index (χ4n) is 0.702. The fourth-order valence-corrected chi connectivity index (χ4v) is 3.69. The van der Waals surface area contributed by atoms with E-state index in [1.54, 1.807) is 6.26 Å². The zero-order valence-corrected chi connectivity index (χ0v) is 9.65. The normalized spacial score (nSPS) is 11.2. The number of nitriles is 1. The highest BCUT2D eigenvalue weighted by atomic mass is 35.7. The number of halogens is 1. The highest BCUT2D eigenvalue weighted by Crippen LogP contribution is 2.34. The van der Waals surface area contributed by atoms with Crippen molar-refractivity contribution in [2.45, 2.75) is 8.42 Å². The Morgan fingerprint density at radius 2 is 2.31 bits per heavy atom. The van der Waals surface area contributed by atoms with Crippen molar-refractivity contribution in [1.29, 1.82) is 5.26 Å². The first-order valence-electron chi connectivity index (χ1n) is 3.01. The van der Waals surface area contributed by atoms with Crippen LogP contribution in [0.3, 0.4) is 0 Å². The Labute approximate surface area is 88.7 Å². The third-order valence-electron chi connectivity index (χ3n) is 1.22. The lowest BCUT2D eigenvalue weighted by Gasteiger charge is -1.86. The SMILES string of the molecule is CSc1sc(S(=O)(=O)Cl)cc1C#N. The summed E-state index contributed by atoms with van der Waals surface area (Å²) in [6.07, 6.45) is 1.78. The number of hydrogen-bond acceptors (Lipinski definition) is 5. The largest absolute Gasteiger partial charge is 0.270 e. The van der Waals surface area contributed by atoms with E-state index in [1.165, 1.54) is 17.8 Å². The molecule has 7 heteroatoms. The summed E-state index contributed by atoms with van der Waals surface area (Å²) >= 11 is 2.34. The van der Waals surface area contributed by atoms with Gasteiger partial charge in [-0.25, -0.2) is 8.42 Å². The Hall–Kier alpha value is -0.220. The molecule has 0 spiro atoms. The summed E-state index contributed by atoms with van der Waals surface area (Å²) in [5, 5.41) is 8.63. The van der Waals surface area contributed by atoms with E-state index < -0.39 is 9.05 Å². The zero-order valence-electron chi connectivity index (χ0n) is 6.44.